The molecule has 0 bridgehead atoms. The lowest BCUT2D eigenvalue weighted by Gasteiger charge is -2.33. The van der Waals surface area contributed by atoms with Crippen LogP contribution in [0.25, 0.3) is 10.9 Å². The normalized spacial score (nSPS) is 19.2. The molecule has 0 radical (unpaired) electrons. The molecule has 2 aliphatic rings. The topological polar surface area (TPSA) is 34.6 Å². The third kappa shape index (κ3) is 4.23. The number of hydrogen-bond donors (Lipinski definition) is 1. The van der Waals surface area contributed by atoms with Crippen LogP contribution < -0.4 is 10.2 Å². The Morgan fingerprint density at radius 2 is 1.79 bits per heavy atom. The van der Waals surface area contributed by atoms with Gasteiger partial charge in [0, 0.05) is 50.3 Å². The smallest absolute Gasteiger partial charge is 0.173 e. The van der Waals surface area contributed by atoms with Gasteiger partial charge in [0.15, 0.2) is 5.11 Å². The SMILES string of the molecule is Cc1cc(N2CCN(C)CC2)nc2ccc(NC(=S)N3CCC(C)CC3)cc12. The van der Waals surface area contributed by atoms with Gasteiger partial charge in [-0.3, -0.25) is 0 Å². The molecule has 0 saturated carbocycles. The highest BCUT2D eigenvalue weighted by Crippen LogP contribution is 2.26. The molecule has 0 amide bonds. The molecule has 0 atom stereocenters. The lowest BCUT2D eigenvalue weighted by molar-refractivity contribution is 0.283. The third-order valence-corrected chi connectivity index (χ3v) is 6.51. The van der Waals surface area contributed by atoms with E-state index < -0.39 is 0 Å². The summed E-state index contributed by atoms with van der Waals surface area (Å²) in [6, 6.07) is 8.62. The molecular formula is C22H31N5S. The maximum atomic E-state index is 5.65. The standard InChI is InChI=1S/C22H31N5S/c1-16-6-8-27(9-7-16)22(28)23-18-4-5-20-19(15-18)17(2)14-21(24-20)26-12-10-25(3)11-13-26/h4-5,14-16H,6-13H2,1-3H3,(H,23,28). The Morgan fingerprint density at radius 1 is 1.07 bits per heavy atom. The minimum absolute atomic E-state index is 0.808. The van der Waals surface area contributed by atoms with Crippen LogP contribution >= 0.6 is 12.2 Å². The summed E-state index contributed by atoms with van der Waals surface area (Å²) in [5, 5.41) is 5.47. The van der Waals surface area contributed by atoms with Crippen LogP contribution in [-0.4, -0.2) is 66.2 Å². The van der Waals surface area contributed by atoms with E-state index in [2.05, 4.69) is 65.2 Å². The minimum atomic E-state index is 0.808. The van der Waals surface area contributed by atoms with Gasteiger partial charge in [-0.1, -0.05) is 6.92 Å². The minimum Gasteiger partial charge on any atom is -0.354 e. The fourth-order valence-corrected chi connectivity index (χ4v) is 4.37. The van der Waals surface area contributed by atoms with Crippen molar-refractivity contribution in [1.29, 1.82) is 0 Å². The van der Waals surface area contributed by atoms with Crippen LogP contribution in [-0.2, 0) is 0 Å². The van der Waals surface area contributed by atoms with Crippen molar-refractivity contribution < 1.29 is 0 Å². The van der Waals surface area contributed by atoms with Gasteiger partial charge in [-0.25, -0.2) is 4.98 Å². The summed E-state index contributed by atoms with van der Waals surface area (Å²) in [5.74, 6) is 1.90. The molecule has 5 nitrogen and oxygen atoms in total. The third-order valence-electron chi connectivity index (χ3n) is 6.15. The molecule has 6 heteroatoms. The lowest BCUT2D eigenvalue weighted by Crippen LogP contribution is -2.44. The number of hydrogen-bond acceptors (Lipinski definition) is 4. The van der Waals surface area contributed by atoms with E-state index in [-0.39, 0.29) is 0 Å². The predicted molar refractivity (Wildman–Crippen MR) is 122 cm³/mol. The Hall–Kier alpha value is -1.92. The molecule has 2 saturated heterocycles. The number of aryl methyl sites for hydroxylation is 1. The maximum absolute atomic E-state index is 5.65. The number of nitrogens with one attached hydrogen (secondary N) is 1. The number of rotatable bonds is 2. The van der Waals surface area contributed by atoms with Crippen molar-refractivity contribution >= 4 is 39.7 Å². The van der Waals surface area contributed by atoms with Crippen molar-refractivity contribution in [3.63, 3.8) is 0 Å². The summed E-state index contributed by atoms with van der Waals surface area (Å²) in [4.78, 5) is 12.0. The zero-order valence-electron chi connectivity index (χ0n) is 17.2. The van der Waals surface area contributed by atoms with Gasteiger partial charge in [0.25, 0.3) is 0 Å². The number of benzene rings is 1. The Balaban J connectivity index is 1.50. The highest BCUT2D eigenvalue weighted by atomic mass is 32.1. The van der Waals surface area contributed by atoms with E-state index in [0.29, 0.717) is 0 Å². The fourth-order valence-electron chi connectivity index (χ4n) is 4.07. The molecule has 1 N–H and O–H groups in total. The number of aromatic nitrogens is 1. The first-order valence-corrected chi connectivity index (χ1v) is 10.8. The molecular weight excluding hydrogens is 366 g/mol. The van der Waals surface area contributed by atoms with Crippen molar-refractivity contribution in [2.24, 2.45) is 5.92 Å². The number of pyridine rings is 1. The molecule has 2 aliphatic heterocycles. The molecule has 2 aromatic rings. The summed E-state index contributed by atoms with van der Waals surface area (Å²) in [6.07, 6.45) is 2.44. The van der Waals surface area contributed by atoms with E-state index in [1.54, 1.807) is 0 Å². The molecule has 2 fully saturated rings. The van der Waals surface area contributed by atoms with Gasteiger partial charge >= 0.3 is 0 Å². The van der Waals surface area contributed by atoms with Gasteiger partial charge in [0.2, 0.25) is 0 Å². The highest BCUT2D eigenvalue weighted by molar-refractivity contribution is 7.80. The second-order valence-electron chi connectivity index (χ2n) is 8.42. The summed E-state index contributed by atoms with van der Waals surface area (Å²) >= 11 is 5.65. The van der Waals surface area contributed by atoms with E-state index in [4.69, 9.17) is 17.2 Å². The van der Waals surface area contributed by atoms with E-state index in [9.17, 15) is 0 Å². The summed E-state index contributed by atoms with van der Waals surface area (Å²) in [5.41, 5.74) is 3.37. The molecule has 1 aromatic carbocycles. The molecule has 3 heterocycles. The summed E-state index contributed by atoms with van der Waals surface area (Å²) < 4.78 is 0. The van der Waals surface area contributed by atoms with Crippen LogP contribution in [0.2, 0.25) is 0 Å². The number of anilines is 2. The summed E-state index contributed by atoms with van der Waals surface area (Å²) in [6.45, 7) is 10.9. The molecule has 28 heavy (non-hydrogen) atoms. The van der Waals surface area contributed by atoms with Gasteiger partial charge in [-0.05, 0) is 74.8 Å². The van der Waals surface area contributed by atoms with E-state index in [0.717, 1.165) is 67.3 Å². The van der Waals surface area contributed by atoms with Crippen LogP contribution in [0.15, 0.2) is 24.3 Å². The molecule has 4 rings (SSSR count). The molecule has 1 aromatic heterocycles. The van der Waals surface area contributed by atoms with Crippen molar-refractivity contribution in [1.82, 2.24) is 14.8 Å². The van der Waals surface area contributed by atoms with Crippen molar-refractivity contribution in [3.8, 4) is 0 Å². The van der Waals surface area contributed by atoms with E-state index >= 15 is 0 Å². The van der Waals surface area contributed by atoms with Gasteiger partial charge in [-0.2, -0.15) is 0 Å². The zero-order chi connectivity index (χ0) is 19.7. The van der Waals surface area contributed by atoms with E-state index in [1.165, 1.54) is 23.8 Å². The van der Waals surface area contributed by atoms with E-state index in [1.807, 2.05) is 0 Å². The highest BCUT2D eigenvalue weighted by Gasteiger charge is 2.19. The number of likely N-dealkylation sites (tertiary alicyclic amines) is 1. The number of piperazine rings is 1. The van der Waals surface area contributed by atoms with Crippen LogP contribution in [0.3, 0.4) is 0 Å². The van der Waals surface area contributed by atoms with Crippen LogP contribution in [0.1, 0.15) is 25.3 Å². The lowest BCUT2D eigenvalue weighted by atomic mass is 10.00. The number of piperidine rings is 1. The Kier molecular flexibility index (Phi) is 5.69. The van der Waals surface area contributed by atoms with Crippen LogP contribution in [0.4, 0.5) is 11.5 Å². The average molecular weight is 398 g/mol. The van der Waals surface area contributed by atoms with Crippen molar-refractivity contribution in [2.45, 2.75) is 26.7 Å². The first-order valence-electron chi connectivity index (χ1n) is 10.4. The first kappa shape index (κ1) is 19.4. The second-order valence-corrected chi connectivity index (χ2v) is 8.81. The average Bonchev–Trinajstić information content (AvgIpc) is 2.69. The summed E-state index contributed by atoms with van der Waals surface area (Å²) in [7, 11) is 2.18. The zero-order valence-corrected chi connectivity index (χ0v) is 18.1. The van der Waals surface area contributed by atoms with Crippen LogP contribution in [0.5, 0.6) is 0 Å². The monoisotopic (exact) mass is 397 g/mol. The predicted octanol–water partition coefficient (Wildman–Crippen LogP) is 3.72. The van der Waals surface area contributed by atoms with Gasteiger partial charge in [0.05, 0.1) is 5.52 Å². The molecule has 0 unspecified atom stereocenters. The number of thiocarbonyl (C=S) groups is 1. The molecule has 0 spiro atoms. The van der Waals surface area contributed by atoms with Gasteiger partial charge in [-0.15, -0.1) is 0 Å². The number of nitrogens with zero attached hydrogens (tertiary/aromatic N) is 4. The molecule has 0 aliphatic carbocycles. The van der Waals surface area contributed by atoms with Crippen molar-refractivity contribution in [2.75, 3.05) is 56.5 Å². The van der Waals surface area contributed by atoms with Gasteiger partial charge < -0.3 is 20.0 Å². The van der Waals surface area contributed by atoms with Gasteiger partial charge in [0.1, 0.15) is 5.82 Å². The fraction of sp³-hybridized carbons (Fsp3) is 0.545. The van der Waals surface area contributed by atoms with Crippen LogP contribution in [0, 0.1) is 12.8 Å². The quantitative estimate of drug-likeness (QED) is 0.778. The Labute approximate surface area is 173 Å². The first-order chi connectivity index (χ1) is 13.5. The Bertz CT molecular complexity index is 851. The number of fused-ring (bicyclic) bond motifs is 1. The number of likely N-dealkylation sites (N-methyl/N-ethyl adjacent to an activating group) is 1. The van der Waals surface area contributed by atoms with Crippen molar-refractivity contribution in [3.05, 3.63) is 29.8 Å². The molecule has 150 valence electrons. The second kappa shape index (κ2) is 8.21. The Morgan fingerprint density at radius 3 is 2.50 bits per heavy atom. The maximum Gasteiger partial charge on any atom is 0.173 e. The largest absolute Gasteiger partial charge is 0.354 e.